The van der Waals surface area contributed by atoms with Gasteiger partial charge in [0.05, 0.1) is 10.8 Å². The summed E-state index contributed by atoms with van der Waals surface area (Å²) in [5, 5.41) is 18.6. The van der Waals surface area contributed by atoms with Crippen LogP contribution >= 0.6 is 0 Å². The van der Waals surface area contributed by atoms with E-state index in [1.54, 1.807) is 0 Å². The maximum atomic E-state index is 11.3. The van der Waals surface area contributed by atoms with Gasteiger partial charge in [-0.15, -0.1) is 0 Å². The maximum absolute atomic E-state index is 11.3. The highest BCUT2D eigenvalue weighted by Crippen LogP contribution is 2.50. The van der Waals surface area contributed by atoms with Crippen molar-refractivity contribution in [3.8, 4) is 0 Å². The van der Waals surface area contributed by atoms with Crippen molar-refractivity contribution in [3.63, 3.8) is 0 Å². The molecule has 2 saturated carbocycles. The number of rotatable bonds is 14. The van der Waals surface area contributed by atoms with Gasteiger partial charge in [0.2, 0.25) is 0 Å². The highest BCUT2D eigenvalue weighted by molar-refractivity contribution is 5.78. The van der Waals surface area contributed by atoms with Crippen LogP contribution in [-0.4, -0.2) is 22.2 Å². The van der Waals surface area contributed by atoms with Gasteiger partial charge in [-0.3, -0.25) is 9.59 Å². The van der Waals surface area contributed by atoms with E-state index in [9.17, 15) is 19.8 Å². The summed E-state index contributed by atoms with van der Waals surface area (Å²) in [6.07, 6.45) is 13.8. The van der Waals surface area contributed by atoms with Gasteiger partial charge in [0.25, 0.3) is 0 Å². The number of hydrogen-bond donors (Lipinski definition) is 2. The van der Waals surface area contributed by atoms with Crippen LogP contribution in [0.1, 0.15) is 105 Å². The van der Waals surface area contributed by atoms with Crippen LogP contribution in [0.5, 0.6) is 0 Å². The second kappa shape index (κ2) is 9.75. The summed E-state index contributed by atoms with van der Waals surface area (Å²) < 4.78 is 0. The van der Waals surface area contributed by atoms with Crippen LogP contribution in [0.15, 0.2) is 6.07 Å². The molecule has 0 spiro atoms. The van der Waals surface area contributed by atoms with Crippen molar-refractivity contribution in [3.05, 3.63) is 33.9 Å². The fraction of sp³-hybridized carbons (Fsp3) is 0.704. The summed E-state index contributed by atoms with van der Waals surface area (Å²) in [5.41, 5.74) is 6.36. The van der Waals surface area contributed by atoms with E-state index in [1.165, 1.54) is 27.8 Å². The zero-order chi connectivity index (χ0) is 22.6. The van der Waals surface area contributed by atoms with Crippen LogP contribution in [-0.2, 0) is 22.4 Å². The molecule has 1 aromatic rings. The minimum Gasteiger partial charge on any atom is -0.481 e. The van der Waals surface area contributed by atoms with Crippen molar-refractivity contribution in [2.75, 3.05) is 0 Å². The summed E-state index contributed by atoms with van der Waals surface area (Å²) in [7, 11) is 0. The van der Waals surface area contributed by atoms with Crippen molar-refractivity contribution in [2.24, 2.45) is 10.8 Å². The molecule has 31 heavy (non-hydrogen) atoms. The zero-order valence-corrected chi connectivity index (χ0v) is 19.7. The lowest BCUT2D eigenvalue weighted by molar-refractivity contribution is -0.144. The van der Waals surface area contributed by atoms with E-state index in [1.807, 2.05) is 0 Å². The number of carbonyl (C=O) groups is 2. The lowest BCUT2D eigenvalue weighted by Crippen LogP contribution is -2.14. The molecule has 0 radical (unpaired) electrons. The molecule has 3 rings (SSSR count). The average Bonchev–Trinajstić information content (AvgIpc) is 3.63. The molecule has 172 valence electrons. The largest absolute Gasteiger partial charge is 0.481 e. The van der Waals surface area contributed by atoms with Crippen molar-refractivity contribution >= 4 is 11.9 Å². The van der Waals surface area contributed by atoms with Crippen LogP contribution < -0.4 is 0 Å². The van der Waals surface area contributed by atoms with E-state index in [2.05, 4.69) is 26.8 Å². The smallest absolute Gasteiger partial charge is 0.309 e. The molecule has 0 heterocycles. The van der Waals surface area contributed by atoms with E-state index >= 15 is 0 Å². The lowest BCUT2D eigenvalue weighted by Gasteiger charge is -2.17. The minimum absolute atomic E-state index is 0.377. The normalized spacial score (nSPS) is 18.0. The number of carboxylic acid groups (broad SMARTS) is 2. The molecule has 0 unspecified atom stereocenters. The summed E-state index contributed by atoms with van der Waals surface area (Å²) in [6, 6.07) is 2.36. The predicted octanol–water partition coefficient (Wildman–Crippen LogP) is 6.55. The Kier molecular flexibility index (Phi) is 7.49. The Labute approximate surface area is 187 Å². The first-order valence-electron chi connectivity index (χ1n) is 12.3. The van der Waals surface area contributed by atoms with E-state index < -0.39 is 11.9 Å². The second-order valence-electron chi connectivity index (χ2n) is 10.4. The Balaban J connectivity index is 1.42. The number of aliphatic carboxylic acids is 2. The average molecular weight is 429 g/mol. The highest BCUT2D eigenvalue weighted by atomic mass is 16.4. The fourth-order valence-corrected chi connectivity index (χ4v) is 5.20. The third kappa shape index (κ3) is 5.70. The quantitative estimate of drug-likeness (QED) is 0.330. The van der Waals surface area contributed by atoms with Gasteiger partial charge in [0.1, 0.15) is 0 Å². The first-order valence-corrected chi connectivity index (χ1v) is 12.3. The standard InChI is InChI=1S/C27H40O4/c1-19-18-22(10-6-4-8-12-26(14-15-26)24(28)29)20(2)21(3)23(19)11-7-5-9-13-27(16-17-27)25(30)31/h18H,4-17H2,1-3H3,(H,28,29)(H,30,31). The molecular weight excluding hydrogens is 388 g/mol. The van der Waals surface area contributed by atoms with Crippen LogP contribution in [0.4, 0.5) is 0 Å². The third-order valence-corrected chi connectivity index (χ3v) is 8.16. The van der Waals surface area contributed by atoms with Crippen LogP contribution in [0.2, 0.25) is 0 Å². The molecular formula is C27H40O4. The van der Waals surface area contributed by atoms with Gasteiger partial charge in [-0.05, 0) is 113 Å². The van der Waals surface area contributed by atoms with Gasteiger partial charge in [-0.2, -0.15) is 0 Å². The Morgan fingerprint density at radius 3 is 1.68 bits per heavy atom. The van der Waals surface area contributed by atoms with Crippen molar-refractivity contribution in [2.45, 2.75) is 111 Å². The molecule has 2 aliphatic rings. The molecule has 2 fully saturated rings. The predicted molar refractivity (Wildman–Crippen MR) is 124 cm³/mol. The molecule has 0 aliphatic heterocycles. The van der Waals surface area contributed by atoms with Gasteiger partial charge in [-0.25, -0.2) is 0 Å². The number of carboxylic acids is 2. The molecule has 2 aliphatic carbocycles. The number of unbranched alkanes of at least 4 members (excludes halogenated alkanes) is 4. The van der Waals surface area contributed by atoms with E-state index in [0.717, 1.165) is 89.9 Å². The molecule has 0 aromatic heterocycles. The molecule has 0 amide bonds. The van der Waals surface area contributed by atoms with E-state index in [4.69, 9.17) is 0 Å². The summed E-state index contributed by atoms with van der Waals surface area (Å²) in [4.78, 5) is 22.6. The molecule has 1 aromatic carbocycles. The highest BCUT2D eigenvalue weighted by Gasteiger charge is 2.49. The second-order valence-corrected chi connectivity index (χ2v) is 10.4. The molecule has 0 bridgehead atoms. The van der Waals surface area contributed by atoms with Crippen LogP contribution in [0.25, 0.3) is 0 Å². The van der Waals surface area contributed by atoms with Gasteiger partial charge >= 0.3 is 11.9 Å². The molecule has 0 atom stereocenters. The van der Waals surface area contributed by atoms with Crippen LogP contribution in [0.3, 0.4) is 0 Å². The Bertz CT molecular complexity index is 815. The minimum atomic E-state index is -0.598. The van der Waals surface area contributed by atoms with Gasteiger partial charge in [-0.1, -0.05) is 31.7 Å². The first-order chi connectivity index (χ1) is 14.7. The molecule has 4 nitrogen and oxygen atoms in total. The Morgan fingerprint density at radius 2 is 1.23 bits per heavy atom. The van der Waals surface area contributed by atoms with Crippen molar-refractivity contribution in [1.29, 1.82) is 0 Å². The summed E-state index contributed by atoms with van der Waals surface area (Å²) >= 11 is 0. The number of aryl methyl sites for hydroxylation is 2. The summed E-state index contributed by atoms with van der Waals surface area (Å²) in [6.45, 7) is 6.70. The van der Waals surface area contributed by atoms with Crippen molar-refractivity contribution < 1.29 is 19.8 Å². The van der Waals surface area contributed by atoms with E-state index in [-0.39, 0.29) is 10.8 Å². The third-order valence-electron chi connectivity index (χ3n) is 8.16. The molecule has 0 saturated heterocycles. The Morgan fingerprint density at radius 1 is 0.742 bits per heavy atom. The van der Waals surface area contributed by atoms with Gasteiger partial charge in [0.15, 0.2) is 0 Å². The van der Waals surface area contributed by atoms with Gasteiger partial charge in [0, 0.05) is 0 Å². The van der Waals surface area contributed by atoms with Gasteiger partial charge < -0.3 is 10.2 Å². The SMILES string of the molecule is Cc1cc(CCCCCC2(C(=O)O)CC2)c(C)c(C)c1CCCCCC1(C(=O)O)CC1. The maximum Gasteiger partial charge on any atom is 0.309 e. The Hall–Kier alpha value is -1.84. The topological polar surface area (TPSA) is 74.6 Å². The lowest BCUT2D eigenvalue weighted by atomic mass is 9.88. The van der Waals surface area contributed by atoms with Crippen LogP contribution in [0, 0.1) is 31.6 Å². The molecule has 4 heteroatoms. The number of hydrogen-bond acceptors (Lipinski definition) is 2. The summed E-state index contributed by atoms with van der Waals surface area (Å²) in [5.74, 6) is -1.20. The fourth-order valence-electron chi connectivity index (χ4n) is 5.20. The van der Waals surface area contributed by atoms with E-state index in [0.29, 0.717) is 0 Å². The zero-order valence-electron chi connectivity index (χ0n) is 19.7. The number of benzene rings is 1. The van der Waals surface area contributed by atoms with Crippen molar-refractivity contribution in [1.82, 2.24) is 0 Å². The first kappa shape index (κ1) is 23.8. The monoisotopic (exact) mass is 428 g/mol. The molecule has 2 N–H and O–H groups in total.